The average molecular weight is 456 g/mol. The van der Waals surface area contributed by atoms with Crippen LogP contribution >= 0.6 is 11.6 Å². The van der Waals surface area contributed by atoms with Crippen molar-refractivity contribution in [1.29, 1.82) is 0 Å². The summed E-state index contributed by atoms with van der Waals surface area (Å²) in [6.07, 6.45) is 2.54. The first-order valence-corrected chi connectivity index (χ1v) is 10.5. The lowest BCUT2D eigenvalue weighted by molar-refractivity contribution is 0.0694. The number of nitrogens with zero attached hydrogens (tertiary/aromatic N) is 1. The number of aromatic nitrogens is 1. The van der Waals surface area contributed by atoms with Crippen LogP contribution in [0.2, 0.25) is 5.02 Å². The molecule has 2 N–H and O–H groups in total. The fourth-order valence-corrected chi connectivity index (χ4v) is 4.20. The van der Waals surface area contributed by atoms with Crippen LogP contribution in [0.3, 0.4) is 0 Å². The molecule has 2 aromatic carbocycles. The first kappa shape index (κ1) is 21.9. The molecule has 1 atom stereocenters. The molecule has 166 valence electrons. The molecule has 0 aliphatic carbocycles. The summed E-state index contributed by atoms with van der Waals surface area (Å²) < 4.78 is 12.5. The number of methoxy groups -OCH3 is 1. The Bertz CT molecular complexity index is 1240. The van der Waals surface area contributed by atoms with Gasteiger partial charge in [0.25, 0.3) is 0 Å². The van der Waals surface area contributed by atoms with E-state index in [1.165, 1.54) is 12.3 Å². The van der Waals surface area contributed by atoms with Crippen molar-refractivity contribution in [2.45, 2.75) is 18.9 Å². The van der Waals surface area contributed by atoms with Gasteiger partial charge in [0.1, 0.15) is 5.56 Å². The molecule has 0 fully saturated rings. The highest BCUT2D eigenvalue weighted by Crippen LogP contribution is 2.42. The molecule has 7 nitrogen and oxygen atoms in total. The summed E-state index contributed by atoms with van der Waals surface area (Å²) in [5.41, 5.74) is 2.01. The molecule has 2 heterocycles. The average Bonchev–Trinajstić information content (AvgIpc) is 2.76. The van der Waals surface area contributed by atoms with Crippen LogP contribution in [0.25, 0.3) is 11.3 Å². The second kappa shape index (κ2) is 9.06. The van der Waals surface area contributed by atoms with E-state index in [1.807, 2.05) is 18.2 Å². The van der Waals surface area contributed by atoms with Gasteiger partial charge in [-0.2, -0.15) is 0 Å². The molecule has 8 heteroatoms. The first-order chi connectivity index (χ1) is 15.4. The summed E-state index contributed by atoms with van der Waals surface area (Å²) in [6, 6.07) is 11.7. The van der Waals surface area contributed by atoms with E-state index in [2.05, 4.69) is 0 Å². The van der Waals surface area contributed by atoms with Crippen LogP contribution in [0.4, 0.5) is 0 Å². The Balaban J connectivity index is 1.84. The van der Waals surface area contributed by atoms with Crippen molar-refractivity contribution in [3.8, 4) is 22.8 Å². The molecule has 3 aromatic rings. The first-order valence-electron chi connectivity index (χ1n) is 10.1. The van der Waals surface area contributed by atoms with E-state index < -0.39 is 11.4 Å². The predicted molar refractivity (Wildman–Crippen MR) is 120 cm³/mol. The maximum absolute atomic E-state index is 12.5. The van der Waals surface area contributed by atoms with Crippen LogP contribution < -0.4 is 10.2 Å². The van der Waals surface area contributed by atoms with E-state index in [9.17, 15) is 19.8 Å². The SMILES string of the molecule is COCCCOc1cc2c(cc1O)-c1cc(=O)c(C(=O)O)cn1C(c1cccc(Cl)c1)C2. The monoisotopic (exact) mass is 455 g/mol. The Hall–Kier alpha value is -3.29. The van der Waals surface area contributed by atoms with Gasteiger partial charge < -0.3 is 24.3 Å². The highest BCUT2D eigenvalue weighted by Gasteiger charge is 2.28. The number of pyridine rings is 1. The summed E-state index contributed by atoms with van der Waals surface area (Å²) in [4.78, 5) is 24.1. The van der Waals surface area contributed by atoms with Crippen molar-refractivity contribution in [2.24, 2.45) is 0 Å². The summed E-state index contributed by atoms with van der Waals surface area (Å²) in [5.74, 6) is -0.991. The molecule has 4 rings (SSSR count). The van der Waals surface area contributed by atoms with E-state index in [0.29, 0.717) is 48.1 Å². The number of hydrogen-bond acceptors (Lipinski definition) is 5. The highest BCUT2D eigenvalue weighted by molar-refractivity contribution is 6.30. The van der Waals surface area contributed by atoms with Crippen molar-refractivity contribution in [3.05, 3.63) is 80.6 Å². The van der Waals surface area contributed by atoms with Gasteiger partial charge in [0.05, 0.1) is 18.3 Å². The summed E-state index contributed by atoms with van der Waals surface area (Å²) in [7, 11) is 1.61. The van der Waals surface area contributed by atoms with Crippen LogP contribution in [0.5, 0.6) is 11.5 Å². The van der Waals surface area contributed by atoms with Crippen LogP contribution in [-0.4, -0.2) is 41.1 Å². The van der Waals surface area contributed by atoms with Gasteiger partial charge in [-0.3, -0.25) is 4.79 Å². The van der Waals surface area contributed by atoms with Crippen LogP contribution in [0.1, 0.15) is 33.9 Å². The maximum atomic E-state index is 12.5. The maximum Gasteiger partial charge on any atom is 0.341 e. The number of ether oxygens (including phenoxy) is 2. The number of fused-ring (bicyclic) bond motifs is 3. The molecule has 1 aliphatic heterocycles. The Morgan fingerprint density at radius 2 is 2.03 bits per heavy atom. The van der Waals surface area contributed by atoms with Gasteiger partial charge in [-0.1, -0.05) is 23.7 Å². The molecule has 0 amide bonds. The number of aromatic carboxylic acids is 1. The summed E-state index contributed by atoms with van der Waals surface area (Å²) in [6.45, 7) is 0.931. The van der Waals surface area contributed by atoms with E-state index in [1.54, 1.807) is 29.9 Å². The molecule has 0 saturated heterocycles. The minimum absolute atomic E-state index is 0.0521. The smallest absolute Gasteiger partial charge is 0.341 e. The zero-order valence-corrected chi connectivity index (χ0v) is 18.1. The zero-order chi connectivity index (χ0) is 22.8. The lowest BCUT2D eigenvalue weighted by Crippen LogP contribution is -2.26. The molecule has 1 aliphatic rings. The fourth-order valence-electron chi connectivity index (χ4n) is 4.00. The Morgan fingerprint density at radius 3 is 2.75 bits per heavy atom. The molecule has 32 heavy (non-hydrogen) atoms. The number of hydrogen-bond donors (Lipinski definition) is 2. The Kier molecular flexibility index (Phi) is 6.21. The van der Waals surface area contributed by atoms with Gasteiger partial charge in [0, 0.05) is 43.0 Å². The number of phenolic OH excluding ortho intramolecular Hbond substituents is 1. The minimum Gasteiger partial charge on any atom is -0.504 e. The lowest BCUT2D eigenvalue weighted by Gasteiger charge is -2.31. The van der Waals surface area contributed by atoms with Crippen molar-refractivity contribution in [3.63, 3.8) is 0 Å². The third-order valence-corrected chi connectivity index (χ3v) is 5.74. The number of carboxylic acids is 1. The van der Waals surface area contributed by atoms with Gasteiger partial charge in [0.2, 0.25) is 0 Å². The third kappa shape index (κ3) is 4.22. The molecule has 0 saturated carbocycles. The van der Waals surface area contributed by atoms with E-state index in [4.69, 9.17) is 21.1 Å². The number of carbonyl (C=O) groups is 1. The molecule has 0 radical (unpaired) electrons. The molecule has 0 spiro atoms. The third-order valence-electron chi connectivity index (χ3n) is 5.50. The van der Waals surface area contributed by atoms with Gasteiger partial charge >= 0.3 is 5.97 Å². The minimum atomic E-state index is -1.29. The van der Waals surface area contributed by atoms with Gasteiger partial charge in [-0.15, -0.1) is 0 Å². The lowest BCUT2D eigenvalue weighted by atomic mass is 9.88. The van der Waals surface area contributed by atoms with E-state index in [-0.39, 0.29) is 17.4 Å². The zero-order valence-electron chi connectivity index (χ0n) is 17.4. The topological polar surface area (TPSA) is 98.0 Å². The standard InChI is InChI=1S/C24H22ClNO6/c1-31-6-3-7-32-23-10-15-9-19(14-4-2-5-16(25)8-14)26-13-18(24(29)30)21(27)12-20(26)17(15)11-22(23)28/h2,4-5,8,10-13,19,28H,3,6-7,9H2,1H3,(H,29,30). The quantitative estimate of drug-likeness (QED) is 0.520. The number of halogens is 1. The highest BCUT2D eigenvalue weighted by atomic mass is 35.5. The van der Waals surface area contributed by atoms with Crippen molar-refractivity contribution in [2.75, 3.05) is 20.3 Å². The normalized spacial score (nSPS) is 14.5. The predicted octanol–water partition coefficient (Wildman–Crippen LogP) is 4.13. The molecule has 1 unspecified atom stereocenters. The van der Waals surface area contributed by atoms with Crippen LogP contribution in [0.15, 0.2) is 53.5 Å². The fraction of sp³-hybridized carbons (Fsp3) is 0.250. The van der Waals surface area contributed by atoms with Gasteiger partial charge in [-0.05, 0) is 41.8 Å². The number of carboxylic acid groups (broad SMARTS) is 1. The second-order valence-corrected chi connectivity index (χ2v) is 8.03. The molecular formula is C24H22ClNO6. The Morgan fingerprint density at radius 1 is 1.22 bits per heavy atom. The van der Waals surface area contributed by atoms with Gasteiger partial charge in [0.15, 0.2) is 16.9 Å². The molecule has 0 bridgehead atoms. The van der Waals surface area contributed by atoms with Crippen LogP contribution in [0, 0.1) is 0 Å². The van der Waals surface area contributed by atoms with Crippen molar-refractivity contribution in [1.82, 2.24) is 4.57 Å². The van der Waals surface area contributed by atoms with Gasteiger partial charge in [-0.25, -0.2) is 4.79 Å². The number of benzene rings is 2. The van der Waals surface area contributed by atoms with Crippen molar-refractivity contribution >= 4 is 17.6 Å². The largest absolute Gasteiger partial charge is 0.504 e. The molecular weight excluding hydrogens is 434 g/mol. The second-order valence-electron chi connectivity index (χ2n) is 7.60. The van der Waals surface area contributed by atoms with Crippen molar-refractivity contribution < 1.29 is 24.5 Å². The molecule has 1 aromatic heterocycles. The number of aromatic hydroxyl groups is 1. The number of rotatable bonds is 7. The van der Waals surface area contributed by atoms with Crippen LogP contribution in [-0.2, 0) is 11.2 Å². The van der Waals surface area contributed by atoms with E-state index in [0.717, 1.165) is 11.1 Å². The van der Waals surface area contributed by atoms with E-state index >= 15 is 0 Å². The Labute approximate surface area is 189 Å². The summed E-state index contributed by atoms with van der Waals surface area (Å²) >= 11 is 6.21. The summed E-state index contributed by atoms with van der Waals surface area (Å²) in [5, 5.41) is 20.5. The number of phenols is 1.